The monoisotopic (exact) mass is 964 g/mol. The van der Waals surface area contributed by atoms with Crippen LogP contribution in [0, 0.1) is 25.2 Å². The van der Waals surface area contributed by atoms with Gasteiger partial charge in [0.15, 0.2) is 5.82 Å². The summed E-state index contributed by atoms with van der Waals surface area (Å²) >= 11 is 0. The Bertz CT molecular complexity index is 3530. The van der Waals surface area contributed by atoms with Gasteiger partial charge in [-0.1, -0.05) is 60.7 Å². The maximum absolute atomic E-state index is 14.1. The highest BCUT2D eigenvalue weighted by atomic mass is 19.4. The molecular weight excluding hydrogens is 937 g/mol. The average molecular weight is 965 g/mol. The molecule has 3 aromatic heterocycles. The predicted octanol–water partition coefficient (Wildman–Crippen LogP) is 15.6. The smallest absolute Gasteiger partial charge is 0.308 e. The van der Waals surface area contributed by atoms with E-state index in [4.69, 9.17) is 0 Å². The van der Waals surface area contributed by atoms with Crippen LogP contribution in [0.25, 0.3) is 88.6 Å². The molecule has 0 bridgehead atoms. The Kier molecular flexibility index (Phi) is 10.4. The Morgan fingerprint density at radius 1 is 0.386 bits per heavy atom. The molecule has 0 N–H and O–H groups in total. The molecular formula is C52H28F12N6. The van der Waals surface area contributed by atoms with Crippen molar-refractivity contribution in [1.82, 2.24) is 24.1 Å². The Hall–Kier alpha value is -8.20. The molecule has 0 fully saturated rings. The van der Waals surface area contributed by atoms with Gasteiger partial charge in [0, 0.05) is 27.1 Å². The zero-order chi connectivity index (χ0) is 49.8. The second kappa shape index (κ2) is 15.9. The van der Waals surface area contributed by atoms with Gasteiger partial charge in [-0.25, -0.2) is 15.0 Å². The molecule has 3 heterocycles. The third kappa shape index (κ3) is 7.90. The standard InChI is InChI=1S/C52H28F12N6/c1-26-66-27(2)68-48(67-26)32-21-46(69-42-9-5-3-7-37(42)39-13-11-28(19-44(39)69)30-15-33(49(53,54)55)23-34(16-30)50(56,57)58)41(25-65)47(22-32)70-43-10-6-4-8-38(43)40-14-12-29(20-45(40)70)31-17-35(51(59,60)61)24-36(18-31)52(62,63)64/h3-24H,1-2H3. The minimum atomic E-state index is -5.13. The molecule has 0 amide bonds. The Balaban J connectivity index is 1.31. The number of hydrogen-bond donors (Lipinski definition) is 0. The van der Waals surface area contributed by atoms with Gasteiger partial charge in [-0.05, 0) is 109 Å². The van der Waals surface area contributed by atoms with Crippen molar-refractivity contribution in [3.8, 4) is 51.1 Å². The number of nitriles is 1. The minimum absolute atomic E-state index is 0.0232. The molecule has 7 aromatic carbocycles. The van der Waals surface area contributed by atoms with Gasteiger partial charge in [0.1, 0.15) is 23.3 Å². The van der Waals surface area contributed by atoms with Crippen molar-refractivity contribution in [3.63, 3.8) is 0 Å². The Labute approximate surface area is 387 Å². The zero-order valence-electron chi connectivity index (χ0n) is 35.9. The van der Waals surface area contributed by atoms with Crippen molar-refractivity contribution in [2.45, 2.75) is 38.6 Å². The summed E-state index contributed by atoms with van der Waals surface area (Å²) in [5.74, 6) is 0.764. The summed E-state index contributed by atoms with van der Waals surface area (Å²) in [6.45, 7) is 3.26. The molecule has 6 nitrogen and oxygen atoms in total. The fourth-order valence-corrected chi connectivity index (χ4v) is 9.02. The van der Waals surface area contributed by atoms with Gasteiger partial charge in [0.2, 0.25) is 0 Å². The van der Waals surface area contributed by atoms with Crippen molar-refractivity contribution in [3.05, 3.63) is 173 Å². The van der Waals surface area contributed by atoms with Crippen LogP contribution in [0.2, 0.25) is 0 Å². The minimum Gasteiger partial charge on any atom is -0.308 e. The number of nitrogens with zero attached hydrogens (tertiary/aromatic N) is 6. The summed E-state index contributed by atoms with van der Waals surface area (Å²) < 4.78 is 173. The van der Waals surface area contributed by atoms with Crippen molar-refractivity contribution in [2.75, 3.05) is 0 Å². The maximum atomic E-state index is 14.1. The van der Waals surface area contributed by atoms with Gasteiger partial charge >= 0.3 is 24.7 Å². The third-order valence-corrected chi connectivity index (χ3v) is 12.0. The molecule has 70 heavy (non-hydrogen) atoms. The lowest BCUT2D eigenvalue weighted by Crippen LogP contribution is -2.11. The zero-order valence-corrected chi connectivity index (χ0v) is 35.9. The molecule has 0 saturated carbocycles. The van der Waals surface area contributed by atoms with E-state index < -0.39 is 58.1 Å². The fraction of sp³-hybridized carbons (Fsp3) is 0.115. The van der Waals surface area contributed by atoms with Crippen LogP contribution in [-0.4, -0.2) is 24.1 Å². The van der Waals surface area contributed by atoms with E-state index in [9.17, 15) is 57.9 Å². The second-order valence-electron chi connectivity index (χ2n) is 16.5. The number of aryl methyl sites for hydroxylation is 2. The van der Waals surface area contributed by atoms with E-state index in [1.54, 1.807) is 95.8 Å². The molecule has 0 spiro atoms. The summed E-state index contributed by atoms with van der Waals surface area (Å²) in [6.07, 6.45) is -20.5. The summed E-state index contributed by atoms with van der Waals surface area (Å²) in [7, 11) is 0. The highest BCUT2D eigenvalue weighted by molar-refractivity contribution is 6.12. The van der Waals surface area contributed by atoms with E-state index in [0.29, 0.717) is 74.1 Å². The Morgan fingerprint density at radius 2 is 0.743 bits per heavy atom. The molecule has 0 saturated heterocycles. The van der Waals surface area contributed by atoms with Crippen molar-refractivity contribution in [2.24, 2.45) is 0 Å². The molecule has 0 aliphatic heterocycles. The van der Waals surface area contributed by atoms with Gasteiger partial charge in [0.25, 0.3) is 0 Å². The highest BCUT2D eigenvalue weighted by Crippen LogP contribution is 2.45. The van der Waals surface area contributed by atoms with Crippen molar-refractivity contribution in [1.29, 1.82) is 5.26 Å². The summed E-state index contributed by atoms with van der Waals surface area (Å²) in [6, 6.07) is 30.6. The normalized spacial score (nSPS) is 12.7. The molecule has 0 radical (unpaired) electrons. The summed E-state index contributed by atoms with van der Waals surface area (Å²) in [4.78, 5) is 13.5. The highest BCUT2D eigenvalue weighted by Gasteiger charge is 2.39. The van der Waals surface area contributed by atoms with Crippen LogP contribution in [-0.2, 0) is 24.7 Å². The van der Waals surface area contributed by atoms with Gasteiger partial charge < -0.3 is 9.13 Å². The van der Waals surface area contributed by atoms with Gasteiger partial charge in [0.05, 0.1) is 55.7 Å². The lowest BCUT2D eigenvalue weighted by atomic mass is 9.98. The molecule has 0 aliphatic rings. The molecule has 0 atom stereocenters. The van der Waals surface area contributed by atoms with E-state index in [-0.39, 0.29) is 57.1 Å². The molecule has 0 unspecified atom stereocenters. The number of aromatic nitrogens is 5. The van der Waals surface area contributed by atoms with Crippen LogP contribution < -0.4 is 0 Å². The first-order valence-corrected chi connectivity index (χ1v) is 20.9. The molecule has 350 valence electrons. The van der Waals surface area contributed by atoms with Crippen LogP contribution in [0.3, 0.4) is 0 Å². The van der Waals surface area contributed by atoms with E-state index in [2.05, 4.69) is 21.0 Å². The first-order valence-electron chi connectivity index (χ1n) is 20.9. The van der Waals surface area contributed by atoms with E-state index >= 15 is 0 Å². The van der Waals surface area contributed by atoms with Gasteiger partial charge in [-0.3, -0.25) is 0 Å². The number of para-hydroxylation sites is 2. The summed E-state index contributed by atoms with van der Waals surface area (Å²) in [5, 5.41) is 13.6. The number of hydrogen-bond acceptors (Lipinski definition) is 4. The van der Waals surface area contributed by atoms with Crippen molar-refractivity contribution < 1.29 is 52.7 Å². The number of halogens is 12. The van der Waals surface area contributed by atoms with E-state index in [1.165, 1.54) is 24.3 Å². The van der Waals surface area contributed by atoms with Crippen LogP contribution in [0.15, 0.2) is 133 Å². The largest absolute Gasteiger partial charge is 0.416 e. The lowest BCUT2D eigenvalue weighted by molar-refractivity contribution is -0.144. The molecule has 10 rings (SSSR count). The summed E-state index contributed by atoms with van der Waals surface area (Å²) in [5.41, 5.74) is -4.92. The molecule has 18 heteroatoms. The Morgan fingerprint density at radius 3 is 1.10 bits per heavy atom. The number of benzene rings is 7. The van der Waals surface area contributed by atoms with Gasteiger partial charge in [-0.2, -0.15) is 57.9 Å². The van der Waals surface area contributed by atoms with Crippen LogP contribution in [0.1, 0.15) is 39.5 Å². The van der Waals surface area contributed by atoms with Crippen LogP contribution in [0.5, 0.6) is 0 Å². The predicted molar refractivity (Wildman–Crippen MR) is 239 cm³/mol. The van der Waals surface area contributed by atoms with E-state index in [1.807, 2.05) is 0 Å². The molecule has 10 aromatic rings. The topological polar surface area (TPSA) is 72.3 Å². The molecule has 0 aliphatic carbocycles. The number of fused-ring (bicyclic) bond motifs is 6. The second-order valence-corrected chi connectivity index (χ2v) is 16.5. The lowest BCUT2D eigenvalue weighted by Gasteiger charge is -2.19. The van der Waals surface area contributed by atoms with Crippen molar-refractivity contribution >= 4 is 43.6 Å². The van der Waals surface area contributed by atoms with Crippen LogP contribution >= 0.6 is 0 Å². The maximum Gasteiger partial charge on any atom is 0.416 e. The number of alkyl halides is 12. The average Bonchev–Trinajstić information content (AvgIpc) is 3.81. The van der Waals surface area contributed by atoms with Crippen LogP contribution in [0.4, 0.5) is 52.7 Å². The first-order chi connectivity index (χ1) is 33.0. The third-order valence-electron chi connectivity index (χ3n) is 12.0. The fourth-order valence-electron chi connectivity index (χ4n) is 9.02. The quantitative estimate of drug-likeness (QED) is 0.161. The first kappa shape index (κ1) is 45.6. The number of rotatable bonds is 5. The van der Waals surface area contributed by atoms with E-state index in [0.717, 1.165) is 0 Å². The SMILES string of the molecule is Cc1nc(C)nc(-c2cc(-n3c4ccccc4c4ccc(-c5cc(C(F)(F)F)cc(C(F)(F)F)c5)cc43)c(C#N)c(-n3c4ccccc4c4ccc(-c5cc(C(F)(F)F)cc(C(F)(F)F)c5)cc43)c2)n1. The van der Waals surface area contributed by atoms with Gasteiger partial charge in [-0.15, -0.1) is 0 Å².